The summed E-state index contributed by atoms with van der Waals surface area (Å²) in [4.78, 5) is 0. The number of hydrogen-bond acceptors (Lipinski definition) is 2. The number of benzene rings is 9. The largest absolute Gasteiger partial charge is 0.456 e. The maximum absolute atomic E-state index is 6.51. The number of furan rings is 2. The van der Waals surface area contributed by atoms with Gasteiger partial charge in [0, 0.05) is 21.5 Å². The summed E-state index contributed by atoms with van der Waals surface area (Å²) < 4.78 is 12.7. The monoisotopic (exact) mass is 636 g/mol. The lowest BCUT2D eigenvalue weighted by atomic mass is 9.85. The molecule has 9 aromatic carbocycles. The van der Waals surface area contributed by atoms with Gasteiger partial charge >= 0.3 is 0 Å². The van der Waals surface area contributed by atoms with Gasteiger partial charge in [0.05, 0.1) is 0 Å². The molecule has 0 unspecified atom stereocenters. The van der Waals surface area contributed by atoms with E-state index in [0.717, 1.165) is 55.0 Å². The molecule has 50 heavy (non-hydrogen) atoms. The Balaban J connectivity index is 1.08. The van der Waals surface area contributed by atoms with Gasteiger partial charge in [-0.3, -0.25) is 0 Å². The molecule has 11 rings (SSSR count). The van der Waals surface area contributed by atoms with Crippen LogP contribution >= 0.6 is 0 Å². The summed E-state index contributed by atoms with van der Waals surface area (Å²) >= 11 is 0. The third-order valence-electron chi connectivity index (χ3n) is 10.4. The summed E-state index contributed by atoms with van der Waals surface area (Å²) in [6.45, 7) is 0. The summed E-state index contributed by atoms with van der Waals surface area (Å²) in [6.07, 6.45) is 0. The summed E-state index contributed by atoms with van der Waals surface area (Å²) in [7, 11) is 0. The predicted molar refractivity (Wildman–Crippen MR) is 210 cm³/mol. The predicted octanol–water partition coefficient (Wildman–Crippen LogP) is 13.9. The van der Waals surface area contributed by atoms with Crippen molar-refractivity contribution < 1.29 is 8.83 Å². The third-order valence-corrected chi connectivity index (χ3v) is 10.4. The van der Waals surface area contributed by atoms with Crippen molar-refractivity contribution in [3.8, 4) is 33.4 Å². The Kier molecular flexibility index (Phi) is 5.70. The molecule has 0 aliphatic carbocycles. The van der Waals surface area contributed by atoms with Gasteiger partial charge in [-0.25, -0.2) is 0 Å². The Hall–Kier alpha value is -6.64. The molecule has 232 valence electrons. The van der Waals surface area contributed by atoms with Crippen molar-refractivity contribution in [1.82, 2.24) is 0 Å². The molecule has 2 heteroatoms. The number of fused-ring (bicyclic) bond motifs is 9. The van der Waals surface area contributed by atoms with Crippen molar-refractivity contribution in [2.75, 3.05) is 0 Å². The van der Waals surface area contributed by atoms with Crippen molar-refractivity contribution in [2.24, 2.45) is 0 Å². The summed E-state index contributed by atoms with van der Waals surface area (Å²) in [5, 5.41) is 11.8. The van der Waals surface area contributed by atoms with Gasteiger partial charge in [0.1, 0.15) is 22.3 Å². The van der Waals surface area contributed by atoms with Crippen LogP contribution in [0.1, 0.15) is 0 Å². The summed E-state index contributed by atoms with van der Waals surface area (Å²) in [6, 6.07) is 61.1. The SMILES string of the molecule is c1cc(-c2ccc3c(c2)oc2cc4c(cc23)oc2ccccc24)cc(-c2c3ccccc3c(-c3ccc4ccccc4c3)c3ccccc23)c1. The molecule has 0 fully saturated rings. The van der Waals surface area contributed by atoms with Crippen LogP contribution in [0.3, 0.4) is 0 Å². The normalized spacial score (nSPS) is 12.0. The average Bonchev–Trinajstić information content (AvgIpc) is 3.72. The van der Waals surface area contributed by atoms with E-state index in [9.17, 15) is 0 Å². The van der Waals surface area contributed by atoms with Crippen LogP contribution in [0.4, 0.5) is 0 Å². The van der Waals surface area contributed by atoms with Gasteiger partial charge < -0.3 is 8.83 Å². The lowest BCUT2D eigenvalue weighted by molar-refractivity contribution is 0.664. The van der Waals surface area contributed by atoms with Crippen LogP contribution in [0.2, 0.25) is 0 Å². The van der Waals surface area contributed by atoms with E-state index in [1.165, 1.54) is 54.6 Å². The molecule has 0 amide bonds. The second-order valence-electron chi connectivity index (χ2n) is 13.2. The first-order chi connectivity index (χ1) is 24.8. The second kappa shape index (κ2) is 10.4. The first-order valence-electron chi connectivity index (χ1n) is 17.1. The Morgan fingerprint density at radius 3 is 1.42 bits per heavy atom. The van der Waals surface area contributed by atoms with Crippen LogP contribution in [0.15, 0.2) is 179 Å². The van der Waals surface area contributed by atoms with Crippen molar-refractivity contribution in [2.45, 2.75) is 0 Å². The third kappa shape index (κ3) is 4.03. The fourth-order valence-corrected chi connectivity index (χ4v) is 8.12. The Labute approximate surface area is 287 Å². The van der Waals surface area contributed by atoms with E-state index in [2.05, 4.69) is 152 Å². The smallest absolute Gasteiger partial charge is 0.136 e. The van der Waals surface area contributed by atoms with Crippen LogP contribution in [0, 0.1) is 0 Å². The molecule has 0 spiro atoms. The van der Waals surface area contributed by atoms with Crippen molar-refractivity contribution in [1.29, 1.82) is 0 Å². The zero-order valence-electron chi connectivity index (χ0n) is 27.0. The Morgan fingerprint density at radius 2 is 0.720 bits per heavy atom. The van der Waals surface area contributed by atoms with Gasteiger partial charge in [-0.05, 0) is 108 Å². The van der Waals surface area contributed by atoms with Gasteiger partial charge in [0.15, 0.2) is 0 Å². The Bertz CT molecular complexity index is 3100. The van der Waals surface area contributed by atoms with E-state index >= 15 is 0 Å². The van der Waals surface area contributed by atoms with Crippen LogP contribution in [-0.4, -0.2) is 0 Å². The highest BCUT2D eigenvalue weighted by atomic mass is 16.3. The minimum absolute atomic E-state index is 0.870. The van der Waals surface area contributed by atoms with Crippen LogP contribution in [-0.2, 0) is 0 Å². The molecule has 0 bridgehead atoms. The zero-order chi connectivity index (χ0) is 32.8. The van der Waals surface area contributed by atoms with Gasteiger partial charge in [-0.15, -0.1) is 0 Å². The first kappa shape index (κ1) is 27.3. The average molecular weight is 637 g/mol. The fourth-order valence-electron chi connectivity index (χ4n) is 8.12. The molecule has 2 nitrogen and oxygen atoms in total. The molecule has 2 heterocycles. The minimum atomic E-state index is 0.870. The van der Waals surface area contributed by atoms with Crippen molar-refractivity contribution >= 4 is 76.2 Å². The van der Waals surface area contributed by atoms with E-state index < -0.39 is 0 Å². The molecule has 0 radical (unpaired) electrons. The first-order valence-corrected chi connectivity index (χ1v) is 17.1. The van der Waals surface area contributed by atoms with Crippen molar-refractivity contribution in [3.05, 3.63) is 170 Å². The molecular weight excluding hydrogens is 609 g/mol. The van der Waals surface area contributed by atoms with Gasteiger partial charge in [0.2, 0.25) is 0 Å². The molecule has 0 atom stereocenters. The number of rotatable bonds is 3. The van der Waals surface area contributed by atoms with Crippen LogP contribution in [0.25, 0.3) is 110 Å². The van der Waals surface area contributed by atoms with Gasteiger partial charge in [0.25, 0.3) is 0 Å². The zero-order valence-corrected chi connectivity index (χ0v) is 27.0. The number of para-hydroxylation sites is 1. The lowest BCUT2D eigenvalue weighted by Gasteiger charge is -2.18. The molecule has 0 saturated carbocycles. The minimum Gasteiger partial charge on any atom is -0.456 e. The molecule has 0 saturated heterocycles. The lowest BCUT2D eigenvalue weighted by Crippen LogP contribution is -1.91. The maximum Gasteiger partial charge on any atom is 0.136 e. The van der Waals surface area contributed by atoms with E-state index in [4.69, 9.17) is 8.83 Å². The molecular formula is C48H28O2. The van der Waals surface area contributed by atoms with Gasteiger partial charge in [-0.2, -0.15) is 0 Å². The quantitative estimate of drug-likeness (QED) is 0.180. The van der Waals surface area contributed by atoms with E-state index in [-0.39, 0.29) is 0 Å². The van der Waals surface area contributed by atoms with E-state index in [1.807, 2.05) is 18.2 Å². The van der Waals surface area contributed by atoms with E-state index in [1.54, 1.807) is 0 Å². The highest BCUT2D eigenvalue weighted by Gasteiger charge is 2.18. The molecule has 0 aliphatic rings. The molecule has 11 aromatic rings. The van der Waals surface area contributed by atoms with Crippen LogP contribution < -0.4 is 0 Å². The summed E-state index contributed by atoms with van der Waals surface area (Å²) in [5.74, 6) is 0. The fraction of sp³-hybridized carbons (Fsp3) is 0. The number of hydrogen-bond donors (Lipinski definition) is 0. The van der Waals surface area contributed by atoms with E-state index in [0.29, 0.717) is 0 Å². The standard InChI is InChI=1S/C48H28O2/c1-2-11-30-24-34(21-20-29(30)10-1)48-39-17-5-3-15-37(39)47(38-16-4-6-18-40(38)48)33-13-9-12-31(25-33)32-22-23-36-42-28-45-41(27-46(42)50-44(36)26-32)35-14-7-8-19-43(35)49-45/h1-28H. The molecule has 2 aromatic heterocycles. The highest BCUT2D eigenvalue weighted by Crippen LogP contribution is 2.45. The summed E-state index contributed by atoms with van der Waals surface area (Å²) in [5.41, 5.74) is 10.7. The molecule has 0 N–H and O–H groups in total. The second-order valence-corrected chi connectivity index (χ2v) is 13.2. The molecule has 0 aliphatic heterocycles. The van der Waals surface area contributed by atoms with Gasteiger partial charge in [-0.1, -0.05) is 127 Å². The highest BCUT2D eigenvalue weighted by molar-refractivity contribution is 6.22. The topological polar surface area (TPSA) is 26.3 Å². The maximum atomic E-state index is 6.51. The Morgan fingerprint density at radius 1 is 0.240 bits per heavy atom. The van der Waals surface area contributed by atoms with Crippen molar-refractivity contribution in [3.63, 3.8) is 0 Å². The van der Waals surface area contributed by atoms with Crippen LogP contribution in [0.5, 0.6) is 0 Å².